The quantitative estimate of drug-likeness (QED) is 0.647. The van der Waals surface area contributed by atoms with Crippen molar-refractivity contribution < 1.29 is 13.9 Å². The summed E-state index contributed by atoms with van der Waals surface area (Å²) in [6, 6.07) is 0. The van der Waals surface area contributed by atoms with Gasteiger partial charge in [0.1, 0.15) is 12.4 Å². The number of nitrogens with two attached hydrogens (primary N) is 1. The summed E-state index contributed by atoms with van der Waals surface area (Å²) in [5.41, 5.74) is 5.32. The highest BCUT2D eigenvalue weighted by Gasteiger charge is 2.01. The molecule has 0 unspecified atom stereocenters. The molecule has 2 N–H and O–H groups in total. The van der Waals surface area contributed by atoms with Crippen molar-refractivity contribution in [3.05, 3.63) is 17.8 Å². The lowest BCUT2D eigenvalue weighted by Gasteiger charge is -1.99. The molecule has 0 radical (unpaired) electrons. The second-order valence-electron chi connectivity index (χ2n) is 2.47. The summed E-state index contributed by atoms with van der Waals surface area (Å²) in [7, 11) is 1.63. The average Bonchev–Trinajstić information content (AvgIpc) is 2.60. The fourth-order valence-corrected chi connectivity index (χ4v) is 0.824. The molecule has 0 fully saturated rings. The van der Waals surface area contributed by atoms with Gasteiger partial charge in [-0.1, -0.05) is 0 Å². The zero-order valence-electron chi connectivity index (χ0n) is 7.66. The number of hydrogen-bond donors (Lipinski definition) is 1. The molecule has 1 aromatic heterocycles. The van der Waals surface area contributed by atoms with Crippen molar-refractivity contribution in [2.75, 3.05) is 20.3 Å². The molecule has 0 aliphatic heterocycles. The van der Waals surface area contributed by atoms with Gasteiger partial charge in [-0.2, -0.15) is 0 Å². The highest BCUT2D eigenvalue weighted by Crippen LogP contribution is 2.03. The van der Waals surface area contributed by atoms with Crippen molar-refractivity contribution in [2.24, 2.45) is 5.73 Å². The highest BCUT2D eigenvalue weighted by molar-refractivity contribution is 4.91. The molecule has 13 heavy (non-hydrogen) atoms. The third-order valence-electron chi connectivity index (χ3n) is 1.45. The zero-order chi connectivity index (χ0) is 9.52. The van der Waals surface area contributed by atoms with Crippen molar-refractivity contribution >= 4 is 0 Å². The second-order valence-corrected chi connectivity index (χ2v) is 2.47. The van der Waals surface area contributed by atoms with Gasteiger partial charge >= 0.3 is 0 Å². The topological polar surface area (TPSA) is 70.5 Å². The minimum atomic E-state index is 0.318. The molecule has 0 atom stereocenters. The SMILES string of the molecule is COCCOCc1cnc(CN)o1. The van der Waals surface area contributed by atoms with Crippen LogP contribution < -0.4 is 5.73 Å². The molecule has 0 amide bonds. The van der Waals surface area contributed by atoms with Gasteiger partial charge < -0.3 is 19.6 Å². The summed E-state index contributed by atoms with van der Waals surface area (Å²) < 4.78 is 15.2. The fraction of sp³-hybridized carbons (Fsp3) is 0.625. The molecule has 1 heterocycles. The van der Waals surface area contributed by atoms with Crippen LogP contribution in [0.3, 0.4) is 0 Å². The Kier molecular flexibility index (Phi) is 4.45. The highest BCUT2D eigenvalue weighted by atomic mass is 16.5. The first kappa shape index (κ1) is 10.2. The number of methoxy groups -OCH3 is 1. The summed E-state index contributed by atoms with van der Waals surface area (Å²) in [4.78, 5) is 3.93. The van der Waals surface area contributed by atoms with Crippen LogP contribution in [0.25, 0.3) is 0 Å². The summed E-state index contributed by atoms with van der Waals surface area (Å²) in [6.07, 6.45) is 1.62. The van der Waals surface area contributed by atoms with Gasteiger partial charge in [-0.25, -0.2) is 4.98 Å². The van der Waals surface area contributed by atoms with E-state index in [1.165, 1.54) is 0 Å². The monoisotopic (exact) mass is 186 g/mol. The van der Waals surface area contributed by atoms with Crippen LogP contribution in [0.4, 0.5) is 0 Å². The minimum absolute atomic E-state index is 0.318. The first-order chi connectivity index (χ1) is 6.36. The van der Waals surface area contributed by atoms with E-state index in [2.05, 4.69) is 4.98 Å². The van der Waals surface area contributed by atoms with Crippen LogP contribution in [0.1, 0.15) is 11.7 Å². The maximum Gasteiger partial charge on any atom is 0.208 e. The first-order valence-corrected chi connectivity index (χ1v) is 4.07. The minimum Gasteiger partial charge on any atom is -0.442 e. The summed E-state index contributed by atoms with van der Waals surface area (Å²) in [6.45, 7) is 1.86. The maximum absolute atomic E-state index is 5.32. The third kappa shape index (κ3) is 3.54. The Labute approximate surface area is 76.8 Å². The molecule has 0 saturated carbocycles. The lowest BCUT2D eigenvalue weighted by molar-refractivity contribution is 0.0534. The van der Waals surface area contributed by atoms with Crippen LogP contribution in [0.15, 0.2) is 10.6 Å². The first-order valence-electron chi connectivity index (χ1n) is 4.07. The molecular weight excluding hydrogens is 172 g/mol. The van der Waals surface area contributed by atoms with Crippen LogP contribution in [0, 0.1) is 0 Å². The molecule has 5 heteroatoms. The van der Waals surface area contributed by atoms with Gasteiger partial charge in [-0.3, -0.25) is 0 Å². The Morgan fingerprint density at radius 3 is 3.00 bits per heavy atom. The summed E-state index contributed by atoms with van der Waals surface area (Å²) in [5.74, 6) is 1.22. The van der Waals surface area contributed by atoms with E-state index in [9.17, 15) is 0 Å². The standard InChI is InChI=1S/C8H14N2O3/c1-11-2-3-12-6-7-5-10-8(4-9)13-7/h5H,2-4,6,9H2,1H3. The normalized spacial score (nSPS) is 10.6. The van der Waals surface area contributed by atoms with E-state index < -0.39 is 0 Å². The molecule has 5 nitrogen and oxygen atoms in total. The van der Waals surface area contributed by atoms with Crippen LogP contribution in [-0.4, -0.2) is 25.3 Å². The van der Waals surface area contributed by atoms with Crippen molar-refractivity contribution in [1.29, 1.82) is 0 Å². The molecule has 0 spiro atoms. The van der Waals surface area contributed by atoms with E-state index in [1.807, 2.05) is 0 Å². The van der Waals surface area contributed by atoms with Gasteiger partial charge in [0.25, 0.3) is 0 Å². The van der Waals surface area contributed by atoms with Gasteiger partial charge in [0.2, 0.25) is 5.89 Å². The van der Waals surface area contributed by atoms with Crippen molar-refractivity contribution in [1.82, 2.24) is 4.98 Å². The Morgan fingerprint density at radius 1 is 1.54 bits per heavy atom. The number of oxazole rings is 1. The second kappa shape index (κ2) is 5.69. The van der Waals surface area contributed by atoms with Crippen LogP contribution in [-0.2, 0) is 22.6 Å². The van der Waals surface area contributed by atoms with Gasteiger partial charge in [0, 0.05) is 7.11 Å². The molecule has 1 aromatic rings. The lowest BCUT2D eigenvalue weighted by Crippen LogP contribution is -2.01. The molecule has 0 bridgehead atoms. The summed E-state index contributed by atoms with van der Waals surface area (Å²) >= 11 is 0. The molecule has 0 aliphatic rings. The van der Waals surface area contributed by atoms with Crippen LogP contribution in [0.5, 0.6) is 0 Å². The number of rotatable bonds is 6. The summed E-state index contributed by atoms with van der Waals surface area (Å²) in [5, 5.41) is 0. The van der Waals surface area contributed by atoms with E-state index in [0.717, 1.165) is 0 Å². The van der Waals surface area contributed by atoms with Gasteiger partial charge in [-0.15, -0.1) is 0 Å². The van der Waals surface area contributed by atoms with E-state index in [4.69, 9.17) is 19.6 Å². The van der Waals surface area contributed by atoms with Crippen molar-refractivity contribution in [2.45, 2.75) is 13.2 Å². The van der Waals surface area contributed by atoms with E-state index >= 15 is 0 Å². The van der Waals surface area contributed by atoms with E-state index in [1.54, 1.807) is 13.3 Å². The van der Waals surface area contributed by atoms with Gasteiger partial charge in [-0.05, 0) is 0 Å². The largest absolute Gasteiger partial charge is 0.442 e. The number of aromatic nitrogens is 1. The molecule has 0 aromatic carbocycles. The molecule has 1 rings (SSSR count). The zero-order valence-corrected chi connectivity index (χ0v) is 7.66. The van der Waals surface area contributed by atoms with Gasteiger partial charge in [0.15, 0.2) is 0 Å². The smallest absolute Gasteiger partial charge is 0.208 e. The molecule has 74 valence electrons. The predicted octanol–water partition coefficient (Wildman–Crippen LogP) is 0.296. The van der Waals surface area contributed by atoms with E-state index in [0.29, 0.717) is 38.0 Å². The molecular formula is C8H14N2O3. The average molecular weight is 186 g/mol. The van der Waals surface area contributed by atoms with Crippen LogP contribution >= 0.6 is 0 Å². The van der Waals surface area contributed by atoms with Crippen molar-refractivity contribution in [3.63, 3.8) is 0 Å². The van der Waals surface area contributed by atoms with Gasteiger partial charge in [0.05, 0.1) is 26.0 Å². The Balaban J connectivity index is 2.20. The Hall–Kier alpha value is -0.910. The maximum atomic E-state index is 5.32. The lowest BCUT2D eigenvalue weighted by atomic mass is 10.5. The Bertz CT molecular complexity index is 237. The number of ether oxygens (including phenoxy) is 2. The molecule has 0 saturated heterocycles. The number of nitrogens with zero attached hydrogens (tertiary/aromatic N) is 1. The Morgan fingerprint density at radius 2 is 2.38 bits per heavy atom. The van der Waals surface area contributed by atoms with Crippen LogP contribution in [0.2, 0.25) is 0 Å². The fourth-order valence-electron chi connectivity index (χ4n) is 0.824. The van der Waals surface area contributed by atoms with Crippen molar-refractivity contribution in [3.8, 4) is 0 Å². The number of hydrogen-bond acceptors (Lipinski definition) is 5. The van der Waals surface area contributed by atoms with E-state index in [-0.39, 0.29) is 0 Å². The molecule has 0 aliphatic carbocycles. The predicted molar refractivity (Wildman–Crippen MR) is 45.9 cm³/mol. The third-order valence-corrected chi connectivity index (χ3v) is 1.45.